The van der Waals surface area contributed by atoms with Crippen LogP contribution in [-0.2, 0) is 80.7 Å². The zero-order chi connectivity index (χ0) is 57.9. The molecule has 4 aromatic rings. The van der Waals surface area contributed by atoms with Crippen molar-refractivity contribution >= 4 is 72.7 Å². The molecule has 0 aromatic heterocycles. The first-order valence-corrected chi connectivity index (χ1v) is 26.0. The van der Waals surface area contributed by atoms with Gasteiger partial charge in [-0.05, 0) is 89.5 Å². The standard InChI is InChI=1S/C28H29F3N4O6.C23H21ClF2N3O8P/c1-15(2)23(26(39)40)33-14-35-22(36)10-9-21(25(35)38)34-13-17-11-16(3-8-20(17)24(34)37)12-32-27(41)28(30,31)18-4-6-19(29)7-5-18;24-16-4-2-15(3-5-16)23(25,26)22(33)27-10-13-1-6-17-14(9-13)11-28(20(17)31)18-7-8-19(30)29(21(18)32)12-37-38(34,35)36/h3-8,11,15,21,23,33H,9-10,12-14H2,1-2H3,(H,32,41)(H,39,40);1-6,9,18H,7-8,10-12H2,(H,27,33)(H2,34,35,36)/t21?,23-;/m0./s1. The van der Waals surface area contributed by atoms with Gasteiger partial charge in [0.05, 0.1) is 6.67 Å². The lowest BCUT2D eigenvalue weighted by Gasteiger charge is -2.36. The molecule has 0 bridgehead atoms. The second-order valence-electron chi connectivity index (χ2n) is 19.0. The molecule has 0 saturated carbocycles. The van der Waals surface area contributed by atoms with E-state index < -0.39 is 115 Å². The monoisotopic (exact) mass is 1150 g/mol. The lowest BCUT2D eigenvalue weighted by atomic mass is 10.0. The number of fused-ring (bicyclic) bond motifs is 2. The number of nitrogens with one attached hydrogen (secondary N) is 3. The van der Waals surface area contributed by atoms with Crippen LogP contribution >= 0.6 is 19.4 Å². The van der Waals surface area contributed by atoms with Gasteiger partial charge in [0.15, 0.2) is 0 Å². The molecular formula is C51H50ClF5N7O14P. The van der Waals surface area contributed by atoms with E-state index >= 15 is 0 Å². The van der Waals surface area contributed by atoms with Crippen LogP contribution in [0.4, 0.5) is 22.0 Å². The summed E-state index contributed by atoms with van der Waals surface area (Å²) in [5.74, 6) is -16.5. The maximum absolute atomic E-state index is 14.5. The number of benzene rings is 4. The Bertz CT molecular complexity index is 3150. The van der Waals surface area contributed by atoms with E-state index in [1.54, 1.807) is 26.0 Å². The van der Waals surface area contributed by atoms with Gasteiger partial charge in [-0.2, -0.15) is 17.6 Å². The number of piperidine rings is 2. The number of nitrogens with zero attached hydrogens (tertiary/aromatic N) is 4. The highest BCUT2D eigenvalue weighted by atomic mass is 35.5. The molecule has 6 N–H and O–H groups in total. The van der Waals surface area contributed by atoms with Gasteiger partial charge in [0, 0.05) is 66.3 Å². The Morgan fingerprint density at radius 1 is 0.696 bits per heavy atom. The lowest BCUT2D eigenvalue weighted by molar-refractivity contribution is -0.156. The minimum Gasteiger partial charge on any atom is -0.480 e. The number of rotatable bonds is 18. The molecule has 4 aliphatic heterocycles. The molecule has 4 aliphatic rings. The van der Waals surface area contributed by atoms with Gasteiger partial charge in [-0.1, -0.05) is 61.8 Å². The van der Waals surface area contributed by atoms with Gasteiger partial charge in [0.1, 0.15) is 30.7 Å². The summed E-state index contributed by atoms with van der Waals surface area (Å²) in [5, 5.41) is 16.7. The smallest absolute Gasteiger partial charge is 0.471 e. The number of carbonyl (C=O) groups is 9. The van der Waals surface area contributed by atoms with Crippen molar-refractivity contribution in [1.29, 1.82) is 0 Å². The highest BCUT2D eigenvalue weighted by Crippen LogP contribution is 2.38. The third-order valence-corrected chi connectivity index (χ3v) is 14.1. The molecular weight excluding hydrogens is 1100 g/mol. The number of carboxylic acid groups (broad SMARTS) is 1. The number of amides is 8. The van der Waals surface area contributed by atoms with E-state index in [0.29, 0.717) is 32.7 Å². The quantitative estimate of drug-likeness (QED) is 0.0449. The Kier molecular flexibility index (Phi) is 17.9. The summed E-state index contributed by atoms with van der Waals surface area (Å²) in [6.07, 6.45) is -0.0638. The minimum atomic E-state index is -4.95. The molecule has 4 heterocycles. The van der Waals surface area contributed by atoms with Crippen molar-refractivity contribution in [3.05, 3.63) is 140 Å². The van der Waals surface area contributed by atoms with Crippen molar-refractivity contribution in [2.24, 2.45) is 5.92 Å². The summed E-state index contributed by atoms with van der Waals surface area (Å²) in [4.78, 5) is 134. The summed E-state index contributed by atoms with van der Waals surface area (Å²) in [5.41, 5.74) is 1.25. The van der Waals surface area contributed by atoms with Crippen LogP contribution in [0.3, 0.4) is 0 Å². The SMILES string of the molecule is CC(C)[C@H](NCN1C(=O)CCC(N2Cc3cc(CNC(=O)C(F)(F)c4ccc(F)cc4)ccc3C2=O)C1=O)C(=O)O.O=C1CCC(N2Cc3cc(CNC(=O)C(F)(F)c4ccc(Cl)cc4)ccc3C2=O)C(=O)N1COP(=O)(O)O. The number of alkyl halides is 4. The number of halogens is 6. The van der Waals surface area contributed by atoms with Crippen LogP contribution in [0.25, 0.3) is 0 Å². The van der Waals surface area contributed by atoms with Crippen LogP contribution < -0.4 is 16.0 Å². The Labute approximate surface area is 451 Å². The predicted molar refractivity (Wildman–Crippen MR) is 264 cm³/mol. The fourth-order valence-corrected chi connectivity index (χ4v) is 9.53. The third-order valence-electron chi connectivity index (χ3n) is 13.4. The molecule has 420 valence electrons. The van der Waals surface area contributed by atoms with E-state index in [0.717, 1.165) is 41.3 Å². The van der Waals surface area contributed by atoms with Crippen LogP contribution in [-0.4, -0.2) is 119 Å². The van der Waals surface area contributed by atoms with Crippen molar-refractivity contribution in [2.45, 2.75) is 95.7 Å². The van der Waals surface area contributed by atoms with E-state index in [-0.39, 0.29) is 75.0 Å². The number of phosphoric acid groups is 1. The van der Waals surface area contributed by atoms with Gasteiger partial charge in [0.2, 0.25) is 11.8 Å². The van der Waals surface area contributed by atoms with Gasteiger partial charge in [0.25, 0.3) is 35.4 Å². The number of phosphoric ester groups is 1. The highest BCUT2D eigenvalue weighted by molar-refractivity contribution is 7.46. The first kappa shape index (κ1) is 59.2. The number of aliphatic carboxylic acids is 1. The summed E-state index contributed by atoms with van der Waals surface area (Å²) in [6, 6.07) is 13.9. The number of carboxylic acids is 1. The molecule has 3 atom stereocenters. The first-order valence-electron chi connectivity index (χ1n) is 24.1. The fourth-order valence-electron chi connectivity index (χ4n) is 9.14. The molecule has 0 spiro atoms. The van der Waals surface area contributed by atoms with Crippen LogP contribution in [0.5, 0.6) is 0 Å². The second kappa shape index (κ2) is 23.9. The normalized spacial score (nSPS) is 18.1. The van der Waals surface area contributed by atoms with E-state index in [2.05, 4.69) is 20.5 Å². The largest absolute Gasteiger partial charge is 0.480 e. The molecule has 21 nitrogen and oxygen atoms in total. The number of hydrogen-bond acceptors (Lipinski definition) is 12. The minimum absolute atomic E-state index is 0.00645. The van der Waals surface area contributed by atoms with E-state index in [1.807, 2.05) is 0 Å². The van der Waals surface area contributed by atoms with Crippen molar-refractivity contribution in [3.8, 4) is 0 Å². The number of likely N-dealkylation sites (tertiary alicyclic amines) is 2. The van der Waals surface area contributed by atoms with Crippen LogP contribution in [0.2, 0.25) is 5.02 Å². The van der Waals surface area contributed by atoms with Gasteiger partial charge in [-0.25, -0.2) is 8.96 Å². The van der Waals surface area contributed by atoms with Gasteiger partial charge in [-0.3, -0.25) is 62.8 Å². The maximum Gasteiger partial charge on any atom is 0.471 e. The second-order valence-corrected chi connectivity index (χ2v) is 20.7. The number of carbonyl (C=O) groups excluding carboxylic acids is 8. The van der Waals surface area contributed by atoms with Crippen molar-refractivity contribution in [2.75, 3.05) is 13.4 Å². The van der Waals surface area contributed by atoms with Crippen LogP contribution in [0, 0.1) is 11.7 Å². The van der Waals surface area contributed by atoms with Crippen molar-refractivity contribution in [1.82, 2.24) is 35.6 Å². The summed E-state index contributed by atoms with van der Waals surface area (Å²) >= 11 is 5.71. The van der Waals surface area contributed by atoms with Crippen LogP contribution in [0.1, 0.15) is 93.6 Å². The summed E-state index contributed by atoms with van der Waals surface area (Å²) < 4.78 is 86.4. The third kappa shape index (κ3) is 13.3. The molecule has 2 saturated heterocycles. The van der Waals surface area contributed by atoms with E-state index in [1.165, 1.54) is 46.2 Å². The molecule has 79 heavy (non-hydrogen) atoms. The Morgan fingerprint density at radius 3 is 1.56 bits per heavy atom. The number of imide groups is 2. The fraction of sp³-hybridized carbons (Fsp3) is 0.353. The number of hydrogen-bond donors (Lipinski definition) is 6. The molecule has 8 amide bonds. The van der Waals surface area contributed by atoms with Crippen LogP contribution in [0.15, 0.2) is 84.9 Å². The average molecular weight is 1150 g/mol. The zero-order valence-electron chi connectivity index (χ0n) is 41.8. The molecule has 2 fully saturated rings. The molecule has 28 heteroatoms. The van der Waals surface area contributed by atoms with Gasteiger partial charge < -0.3 is 35.3 Å². The molecule has 4 aromatic carbocycles. The first-order chi connectivity index (χ1) is 37.1. The van der Waals surface area contributed by atoms with E-state index in [4.69, 9.17) is 21.4 Å². The Balaban J connectivity index is 0.000000229. The lowest BCUT2D eigenvalue weighted by Crippen LogP contribution is -2.58. The molecule has 0 aliphatic carbocycles. The zero-order valence-corrected chi connectivity index (χ0v) is 43.4. The Morgan fingerprint density at radius 2 is 1.13 bits per heavy atom. The average Bonchev–Trinajstić information content (AvgIpc) is 4.02. The maximum atomic E-state index is 14.5. The van der Waals surface area contributed by atoms with E-state index in [9.17, 15) is 74.8 Å². The molecule has 8 rings (SSSR count). The molecule has 0 radical (unpaired) electrons. The predicted octanol–water partition coefficient (Wildman–Crippen LogP) is 4.65. The van der Waals surface area contributed by atoms with Crippen molar-refractivity contribution < 1.29 is 89.1 Å². The Hall–Kier alpha value is -7.48. The topological polar surface area (TPSA) is 290 Å². The summed E-state index contributed by atoms with van der Waals surface area (Å²) in [6.45, 7) is 1.56. The molecule has 2 unspecified atom stereocenters. The highest BCUT2D eigenvalue weighted by Gasteiger charge is 2.46. The summed E-state index contributed by atoms with van der Waals surface area (Å²) in [7, 11) is -4.95. The van der Waals surface area contributed by atoms with Gasteiger partial charge in [-0.15, -0.1) is 0 Å². The van der Waals surface area contributed by atoms with Crippen molar-refractivity contribution in [3.63, 3.8) is 0 Å². The van der Waals surface area contributed by atoms with Gasteiger partial charge >= 0.3 is 25.6 Å².